The van der Waals surface area contributed by atoms with Gasteiger partial charge in [-0.25, -0.2) is 4.79 Å². The maximum atomic E-state index is 15.2. The van der Waals surface area contributed by atoms with Gasteiger partial charge in [-0.15, -0.1) is 0 Å². The Morgan fingerprint density at radius 3 is 1.92 bits per heavy atom. The van der Waals surface area contributed by atoms with Crippen molar-refractivity contribution in [2.45, 2.75) is 251 Å². The first-order chi connectivity index (χ1) is 34.6. The van der Waals surface area contributed by atoms with Crippen LogP contribution in [-0.2, 0) is 56.5 Å². The number of methoxy groups -OCH3 is 3. The number of rotatable bonds is 18. The smallest absolute Gasteiger partial charge is 0.329 e. The van der Waals surface area contributed by atoms with Crippen molar-refractivity contribution in [3.05, 3.63) is 23.3 Å². The zero-order chi connectivity index (χ0) is 54.5. The Kier molecular flexibility index (Phi) is 24.5. The average molecular weight is 1060 g/mol. The molecule has 418 valence electrons. The molecule has 1 aliphatic carbocycles. The first-order valence-corrected chi connectivity index (χ1v) is 33.4. The molecule has 0 aromatic carbocycles. The predicted octanol–water partition coefficient (Wildman–Crippen LogP) is 10.5. The summed E-state index contributed by atoms with van der Waals surface area (Å²) in [5.74, 6) is -7.09. The summed E-state index contributed by atoms with van der Waals surface area (Å²) >= 11 is 0. The molecule has 0 aromatic rings. The van der Waals surface area contributed by atoms with Gasteiger partial charge in [-0.2, -0.15) is 0 Å². The molecular weight excluding hydrogens is 963 g/mol. The SMILES string of the molecule is CCC1/C=C(\C)CC(C)CC(OC)C2OC(O)(C(=O)C(=O)N3CCCCC3C(=O)OC(C(C)=CC3(CC=O)CC[C@H](O[Si](CC)(CC)CC)C(OC)C3)C(C)C(O[Si](CC)(CC)CC)CC1=O)C(C)CC2OC. The fourth-order valence-corrected chi connectivity index (χ4v) is 18.7. The molecule has 14 atom stereocenters. The fraction of sp³-hybridized carbons (Fsp3) is 0.842. The summed E-state index contributed by atoms with van der Waals surface area (Å²) in [6, 6.07) is 4.37. The van der Waals surface area contributed by atoms with Crippen molar-refractivity contribution in [3.63, 3.8) is 0 Å². The van der Waals surface area contributed by atoms with Crippen LogP contribution in [0.5, 0.6) is 0 Å². The van der Waals surface area contributed by atoms with Crippen LogP contribution < -0.4 is 0 Å². The van der Waals surface area contributed by atoms with E-state index in [1.54, 1.807) is 28.3 Å². The summed E-state index contributed by atoms with van der Waals surface area (Å²) < 4.78 is 45.8. The van der Waals surface area contributed by atoms with E-state index in [0.717, 1.165) is 48.1 Å². The van der Waals surface area contributed by atoms with E-state index in [2.05, 4.69) is 60.6 Å². The molecular formula is C57H99NO13Si2. The van der Waals surface area contributed by atoms with E-state index in [-0.39, 0.29) is 56.1 Å². The summed E-state index contributed by atoms with van der Waals surface area (Å²) in [5, 5.41) is 12.3. The monoisotopic (exact) mass is 1060 g/mol. The van der Waals surface area contributed by atoms with E-state index in [9.17, 15) is 24.3 Å². The number of amides is 1. The number of hydrogen-bond acceptors (Lipinski definition) is 13. The van der Waals surface area contributed by atoms with Crippen molar-refractivity contribution in [2.24, 2.45) is 29.1 Å². The lowest BCUT2D eigenvalue weighted by molar-refractivity contribution is -0.302. The van der Waals surface area contributed by atoms with Crippen molar-refractivity contribution in [1.82, 2.24) is 4.90 Å². The topological polar surface area (TPSA) is 173 Å². The summed E-state index contributed by atoms with van der Waals surface area (Å²) in [6.45, 7) is 25.0. The largest absolute Gasteiger partial charge is 0.456 e. The van der Waals surface area contributed by atoms with Crippen LogP contribution in [-0.4, -0.2) is 139 Å². The van der Waals surface area contributed by atoms with Crippen LogP contribution in [0.25, 0.3) is 0 Å². The number of cyclic esters (lactones) is 1. The molecule has 2 saturated heterocycles. The highest BCUT2D eigenvalue weighted by Gasteiger charge is 2.57. The number of ketones is 2. The Balaban J connectivity index is 1.94. The molecule has 16 heteroatoms. The second kappa shape index (κ2) is 28.3. The molecule has 14 nitrogen and oxygen atoms in total. The molecule has 0 spiro atoms. The van der Waals surface area contributed by atoms with E-state index < -0.39 is 99.8 Å². The van der Waals surface area contributed by atoms with Gasteiger partial charge in [0.15, 0.2) is 16.6 Å². The van der Waals surface area contributed by atoms with E-state index >= 15 is 4.79 Å². The van der Waals surface area contributed by atoms with Gasteiger partial charge in [0, 0.05) is 58.5 Å². The number of carbonyl (C=O) groups excluding carboxylic acids is 5. The normalized spacial score (nSPS) is 36.1. The van der Waals surface area contributed by atoms with Crippen molar-refractivity contribution in [2.75, 3.05) is 27.9 Å². The molecule has 1 saturated carbocycles. The minimum absolute atomic E-state index is 0.0339. The van der Waals surface area contributed by atoms with Gasteiger partial charge >= 0.3 is 5.97 Å². The van der Waals surface area contributed by atoms with Crippen LogP contribution in [0.1, 0.15) is 160 Å². The zero-order valence-electron chi connectivity index (χ0n) is 47.9. The first-order valence-electron chi connectivity index (χ1n) is 28.3. The lowest BCUT2D eigenvalue weighted by atomic mass is 9.68. The number of Topliss-reactive ketones (excluding diaryl/α,β-unsaturated/α-hetero) is 2. The standard InChI is InChI=1S/C57H99NO13Si2/c1-16-43-32-38(8)31-39(9)33-48(65-13)52-49(66-14)34-41(11)57(64,69-52)53(61)54(62)58-29-24-23-25-44(58)55(63)68-51(42(12)47(35-45(43)60)71-73(20-5,21-6)22-7)40(10)36-56(28-30-59)27-26-46(50(37-56)67-15)70-72(17-2,18-3)19-4/h30,32,36,39,41-44,46-52,64H,16-29,31,33-35,37H2,1-15H3/b38-32+,40-36?/t39?,41?,42?,43?,44?,46-,47?,48?,49?,50?,51?,52?,56?,57?/m0/s1. The van der Waals surface area contributed by atoms with E-state index in [0.29, 0.717) is 56.9 Å². The fourth-order valence-electron chi connectivity index (χ4n) is 12.9. The number of fused-ring (bicyclic) bond motifs is 3. The lowest BCUT2D eigenvalue weighted by Crippen LogP contribution is -2.64. The maximum absolute atomic E-state index is 15.2. The first kappa shape index (κ1) is 63.1. The van der Waals surface area contributed by atoms with Crippen LogP contribution in [0.3, 0.4) is 0 Å². The van der Waals surface area contributed by atoms with Crippen molar-refractivity contribution < 1.29 is 61.6 Å². The number of carbonyl (C=O) groups is 5. The Hall–Kier alpha value is -2.42. The molecule has 2 bridgehead atoms. The van der Waals surface area contributed by atoms with E-state index in [1.165, 1.54) is 4.90 Å². The summed E-state index contributed by atoms with van der Waals surface area (Å²) in [5.41, 5.74) is 1.09. The van der Waals surface area contributed by atoms with E-state index in [1.807, 2.05) is 27.7 Å². The summed E-state index contributed by atoms with van der Waals surface area (Å²) in [7, 11) is 0.401. The van der Waals surface area contributed by atoms with Crippen LogP contribution in [0.15, 0.2) is 23.3 Å². The molecule has 3 fully saturated rings. The molecule has 3 aliphatic heterocycles. The van der Waals surface area contributed by atoms with Gasteiger partial charge in [-0.05, 0) is 131 Å². The van der Waals surface area contributed by atoms with Gasteiger partial charge in [0.25, 0.3) is 11.7 Å². The highest BCUT2D eigenvalue weighted by molar-refractivity contribution is 6.74. The number of aldehydes is 1. The van der Waals surface area contributed by atoms with Crippen molar-refractivity contribution >= 4 is 46.4 Å². The third kappa shape index (κ3) is 15.0. The molecule has 3 heterocycles. The number of aliphatic hydroxyl groups is 1. The molecule has 4 aliphatic rings. The number of allylic oxidation sites excluding steroid dienone is 3. The van der Waals surface area contributed by atoms with Crippen molar-refractivity contribution in [1.29, 1.82) is 0 Å². The Labute approximate surface area is 442 Å². The highest BCUT2D eigenvalue weighted by atomic mass is 28.4. The van der Waals surface area contributed by atoms with Crippen LogP contribution in [0.2, 0.25) is 36.3 Å². The molecule has 1 N–H and O–H groups in total. The molecule has 1 amide bonds. The molecule has 13 unspecified atom stereocenters. The van der Waals surface area contributed by atoms with Gasteiger partial charge in [-0.1, -0.05) is 87.0 Å². The number of ether oxygens (including phenoxy) is 5. The maximum Gasteiger partial charge on any atom is 0.329 e. The zero-order valence-corrected chi connectivity index (χ0v) is 49.9. The average Bonchev–Trinajstić information content (AvgIpc) is 3.39. The molecule has 0 aromatic heterocycles. The highest BCUT2D eigenvalue weighted by Crippen LogP contribution is 2.46. The van der Waals surface area contributed by atoms with Crippen molar-refractivity contribution in [3.8, 4) is 0 Å². The third-order valence-electron chi connectivity index (χ3n) is 18.2. The minimum atomic E-state index is -2.52. The lowest BCUT2D eigenvalue weighted by Gasteiger charge is -2.47. The number of hydrogen-bond donors (Lipinski definition) is 1. The third-order valence-corrected chi connectivity index (χ3v) is 27.5. The number of esters is 1. The Morgan fingerprint density at radius 2 is 1.37 bits per heavy atom. The molecule has 73 heavy (non-hydrogen) atoms. The second-order valence-electron chi connectivity index (χ2n) is 22.7. The minimum Gasteiger partial charge on any atom is -0.456 e. The summed E-state index contributed by atoms with van der Waals surface area (Å²) in [6.07, 6.45) is 6.57. The van der Waals surface area contributed by atoms with Gasteiger partial charge in [0.2, 0.25) is 5.79 Å². The molecule has 0 radical (unpaired) electrons. The van der Waals surface area contributed by atoms with Crippen LogP contribution in [0.4, 0.5) is 0 Å². The van der Waals surface area contributed by atoms with Gasteiger partial charge in [0.05, 0.1) is 30.5 Å². The number of nitrogens with zero attached hydrogens (tertiary/aromatic N) is 1. The predicted molar refractivity (Wildman–Crippen MR) is 290 cm³/mol. The number of piperidine rings is 1. The quantitative estimate of drug-likeness (QED) is 0.0452. The Morgan fingerprint density at radius 1 is 0.795 bits per heavy atom. The van der Waals surface area contributed by atoms with Gasteiger partial charge < -0.3 is 47.3 Å². The van der Waals surface area contributed by atoms with E-state index in [4.69, 9.17) is 32.5 Å². The molecule has 4 rings (SSSR count). The second-order valence-corrected chi connectivity index (χ2v) is 32.1. The summed E-state index contributed by atoms with van der Waals surface area (Å²) in [4.78, 5) is 73.5. The van der Waals surface area contributed by atoms with Gasteiger partial charge in [0.1, 0.15) is 30.3 Å². The van der Waals surface area contributed by atoms with Crippen LogP contribution >= 0.6 is 0 Å². The Bertz CT molecular complexity index is 1870. The van der Waals surface area contributed by atoms with Crippen LogP contribution in [0, 0.1) is 29.1 Å². The van der Waals surface area contributed by atoms with Gasteiger partial charge in [-0.3, -0.25) is 14.4 Å².